The molecule has 1 aromatic rings. The van der Waals surface area contributed by atoms with Crippen molar-refractivity contribution in [2.24, 2.45) is 5.92 Å². The van der Waals surface area contributed by atoms with Crippen molar-refractivity contribution >= 4 is 11.9 Å². The van der Waals surface area contributed by atoms with Gasteiger partial charge in [-0.15, -0.1) is 0 Å². The van der Waals surface area contributed by atoms with Crippen molar-refractivity contribution in [1.29, 1.82) is 0 Å². The summed E-state index contributed by atoms with van der Waals surface area (Å²) >= 11 is 0. The van der Waals surface area contributed by atoms with Crippen LogP contribution in [0.2, 0.25) is 0 Å². The number of amides is 1. The number of ether oxygens (including phenoxy) is 1. The average molecular weight is 279 g/mol. The van der Waals surface area contributed by atoms with Gasteiger partial charge >= 0.3 is 5.97 Å². The lowest BCUT2D eigenvalue weighted by Crippen LogP contribution is -2.41. The number of aromatic nitrogens is 2. The van der Waals surface area contributed by atoms with E-state index in [1.807, 2.05) is 0 Å². The van der Waals surface area contributed by atoms with Crippen LogP contribution in [0.4, 0.5) is 0 Å². The highest BCUT2D eigenvalue weighted by molar-refractivity contribution is 5.92. The van der Waals surface area contributed by atoms with E-state index in [-0.39, 0.29) is 29.0 Å². The first-order valence-electron chi connectivity index (χ1n) is 6.62. The minimum atomic E-state index is -0.357. The van der Waals surface area contributed by atoms with Gasteiger partial charge in [0.15, 0.2) is 0 Å². The summed E-state index contributed by atoms with van der Waals surface area (Å²) in [4.78, 5) is 42.8. The van der Waals surface area contributed by atoms with Crippen LogP contribution in [0.3, 0.4) is 0 Å². The van der Waals surface area contributed by atoms with Crippen molar-refractivity contribution in [1.82, 2.24) is 14.9 Å². The maximum atomic E-state index is 12.1. The van der Waals surface area contributed by atoms with E-state index in [4.69, 9.17) is 4.74 Å². The number of H-pyrrole nitrogens is 1. The van der Waals surface area contributed by atoms with Crippen LogP contribution in [0.5, 0.6) is 0 Å². The first-order valence-corrected chi connectivity index (χ1v) is 6.62. The van der Waals surface area contributed by atoms with Gasteiger partial charge in [-0.2, -0.15) is 0 Å². The second-order valence-electron chi connectivity index (χ2n) is 4.61. The summed E-state index contributed by atoms with van der Waals surface area (Å²) in [6.45, 7) is 3.08. The average Bonchev–Trinajstić information content (AvgIpc) is 2.47. The summed E-state index contributed by atoms with van der Waals surface area (Å²) in [6.07, 6.45) is 2.36. The normalized spacial score (nSPS) is 15.9. The van der Waals surface area contributed by atoms with E-state index < -0.39 is 0 Å². The van der Waals surface area contributed by atoms with Crippen LogP contribution in [0.1, 0.15) is 30.3 Å². The van der Waals surface area contributed by atoms with Gasteiger partial charge in [0.25, 0.3) is 11.5 Å². The molecule has 0 radical (unpaired) electrons. The molecule has 0 unspecified atom stereocenters. The molecule has 2 rings (SSSR count). The third-order valence-electron chi connectivity index (χ3n) is 3.30. The number of hydrogen-bond donors (Lipinski definition) is 1. The van der Waals surface area contributed by atoms with Gasteiger partial charge in [-0.05, 0) is 19.8 Å². The van der Waals surface area contributed by atoms with Crippen LogP contribution in [-0.2, 0) is 9.53 Å². The fourth-order valence-corrected chi connectivity index (χ4v) is 2.23. The highest BCUT2D eigenvalue weighted by Crippen LogP contribution is 2.19. The third kappa shape index (κ3) is 3.23. The number of piperidine rings is 1. The first-order chi connectivity index (χ1) is 9.61. The zero-order chi connectivity index (χ0) is 14.5. The third-order valence-corrected chi connectivity index (χ3v) is 3.30. The summed E-state index contributed by atoms with van der Waals surface area (Å²) in [5.41, 5.74) is -0.229. The Morgan fingerprint density at radius 2 is 2.15 bits per heavy atom. The molecule has 0 spiro atoms. The molecule has 0 aromatic carbocycles. The number of nitrogens with one attached hydrogen (secondary N) is 1. The largest absolute Gasteiger partial charge is 0.466 e. The van der Waals surface area contributed by atoms with Crippen LogP contribution in [0.25, 0.3) is 0 Å². The molecule has 1 aliphatic heterocycles. The van der Waals surface area contributed by atoms with E-state index in [2.05, 4.69) is 9.97 Å². The Labute approximate surface area is 116 Å². The lowest BCUT2D eigenvalue weighted by molar-refractivity contribution is -0.149. The zero-order valence-corrected chi connectivity index (χ0v) is 11.3. The maximum absolute atomic E-state index is 12.1. The molecule has 0 aliphatic carbocycles. The highest BCUT2D eigenvalue weighted by atomic mass is 16.5. The number of carbonyl (C=O) groups is 2. The molecule has 20 heavy (non-hydrogen) atoms. The Balaban J connectivity index is 1.95. The second kappa shape index (κ2) is 6.31. The molecule has 1 aliphatic rings. The van der Waals surface area contributed by atoms with E-state index in [0.29, 0.717) is 32.5 Å². The molecule has 0 atom stereocenters. The smallest absolute Gasteiger partial charge is 0.309 e. The number of aromatic amines is 1. The summed E-state index contributed by atoms with van der Waals surface area (Å²) < 4.78 is 4.98. The van der Waals surface area contributed by atoms with Gasteiger partial charge in [-0.1, -0.05) is 0 Å². The summed E-state index contributed by atoms with van der Waals surface area (Å²) in [7, 11) is 0. The van der Waals surface area contributed by atoms with Crippen molar-refractivity contribution in [3.05, 3.63) is 28.4 Å². The van der Waals surface area contributed by atoms with E-state index in [9.17, 15) is 14.4 Å². The summed E-state index contributed by atoms with van der Waals surface area (Å²) in [5.74, 6) is -0.626. The maximum Gasteiger partial charge on any atom is 0.309 e. The Morgan fingerprint density at radius 1 is 1.45 bits per heavy atom. The number of carbonyl (C=O) groups excluding carboxylic acids is 2. The Hall–Kier alpha value is -2.18. The van der Waals surface area contributed by atoms with Gasteiger partial charge < -0.3 is 14.6 Å². The summed E-state index contributed by atoms with van der Waals surface area (Å²) in [6, 6.07) is 1.18. The SMILES string of the molecule is CCOC(=O)C1CCN(C(=O)c2cc(=O)[nH]cn2)CC1. The molecule has 1 saturated heterocycles. The number of likely N-dealkylation sites (tertiary alicyclic amines) is 1. The van der Waals surface area contributed by atoms with Crippen LogP contribution in [0.15, 0.2) is 17.2 Å². The van der Waals surface area contributed by atoms with Crippen molar-refractivity contribution in [2.75, 3.05) is 19.7 Å². The number of hydrogen-bond acceptors (Lipinski definition) is 5. The molecule has 0 bridgehead atoms. The van der Waals surface area contributed by atoms with Crippen molar-refractivity contribution < 1.29 is 14.3 Å². The lowest BCUT2D eigenvalue weighted by Gasteiger charge is -2.30. The second-order valence-corrected chi connectivity index (χ2v) is 4.61. The minimum Gasteiger partial charge on any atom is -0.466 e. The fourth-order valence-electron chi connectivity index (χ4n) is 2.23. The quantitative estimate of drug-likeness (QED) is 0.797. The van der Waals surface area contributed by atoms with E-state index in [1.54, 1.807) is 11.8 Å². The predicted octanol–water partition coefficient (Wildman–Crippen LogP) is 0.185. The molecule has 2 heterocycles. The van der Waals surface area contributed by atoms with Gasteiger partial charge in [0.1, 0.15) is 5.69 Å². The van der Waals surface area contributed by atoms with Crippen molar-refractivity contribution in [3.8, 4) is 0 Å². The molecule has 1 amide bonds. The summed E-state index contributed by atoms with van der Waals surface area (Å²) in [5, 5.41) is 0. The Bertz CT molecular complexity index is 547. The van der Waals surface area contributed by atoms with E-state index >= 15 is 0 Å². The topological polar surface area (TPSA) is 92.4 Å². The van der Waals surface area contributed by atoms with Gasteiger partial charge in [0.2, 0.25) is 0 Å². The monoisotopic (exact) mass is 279 g/mol. The van der Waals surface area contributed by atoms with Crippen molar-refractivity contribution in [2.45, 2.75) is 19.8 Å². The molecule has 1 N–H and O–H groups in total. The van der Waals surface area contributed by atoms with Crippen LogP contribution in [-0.4, -0.2) is 46.4 Å². The first kappa shape index (κ1) is 14.2. The minimum absolute atomic E-state index is 0.128. The standard InChI is InChI=1S/C13H17N3O4/c1-2-20-13(19)9-3-5-16(6-4-9)12(18)10-7-11(17)15-8-14-10/h7-9H,2-6H2,1H3,(H,14,15,17). The molecule has 7 nitrogen and oxygen atoms in total. The molecular formula is C13H17N3O4. The van der Waals surface area contributed by atoms with E-state index in [0.717, 1.165) is 0 Å². The predicted molar refractivity (Wildman–Crippen MR) is 70.1 cm³/mol. The molecule has 108 valence electrons. The van der Waals surface area contributed by atoms with Crippen LogP contribution < -0.4 is 5.56 Å². The lowest BCUT2D eigenvalue weighted by atomic mass is 9.97. The van der Waals surface area contributed by atoms with Gasteiger partial charge in [0.05, 0.1) is 18.9 Å². The zero-order valence-electron chi connectivity index (χ0n) is 11.3. The van der Waals surface area contributed by atoms with Gasteiger partial charge in [-0.3, -0.25) is 14.4 Å². The van der Waals surface area contributed by atoms with Crippen molar-refractivity contribution in [3.63, 3.8) is 0 Å². The Morgan fingerprint density at radius 3 is 2.75 bits per heavy atom. The molecule has 1 fully saturated rings. The highest BCUT2D eigenvalue weighted by Gasteiger charge is 2.29. The molecule has 7 heteroatoms. The van der Waals surface area contributed by atoms with Gasteiger partial charge in [0, 0.05) is 19.2 Å². The molecule has 0 saturated carbocycles. The Kier molecular flexibility index (Phi) is 4.49. The number of nitrogens with zero attached hydrogens (tertiary/aromatic N) is 2. The number of rotatable bonds is 3. The number of esters is 1. The molecule has 1 aromatic heterocycles. The fraction of sp³-hybridized carbons (Fsp3) is 0.538. The van der Waals surface area contributed by atoms with Gasteiger partial charge in [-0.25, -0.2) is 4.98 Å². The molecular weight excluding hydrogens is 262 g/mol. The van der Waals surface area contributed by atoms with E-state index in [1.165, 1.54) is 12.4 Å². The van der Waals surface area contributed by atoms with Crippen LogP contribution >= 0.6 is 0 Å². The van der Waals surface area contributed by atoms with Crippen LogP contribution in [0, 0.1) is 5.92 Å².